The molecule has 106 valence electrons. The van der Waals surface area contributed by atoms with Gasteiger partial charge in [-0.3, -0.25) is 4.79 Å². The van der Waals surface area contributed by atoms with Crippen LogP contribution in [0.1, 0.15) is 26.2 Å². The van der Waals surface area contributed by atoms with Gasteiger partial charge in [-0.25, -0.2) is 13.1 Å². The zero-order valence-electron chi connectivity index (χ0n) is 10.8. The molecule has 5 nitrogen and oxygen atoms in total. The Morgan fingerprint density at radius 3 is 2.84 bits per heavy atom. The molecule has 0 amide bonds. The monoisotopic (exact) mass is 302 g/mol. The molecule has 1 aliphatic rings. The highest BCUT2D eigenvalue weighted by Gasteiger charge is 2.31. The Labute approximate surface area is 117 Å². The summed E-state index contributed by atoms with van der Waals surface area (Å²) in [5.41, 5.74) is -0.306. The van der Waals surface area contributed by atoms with E-state index < -0.39 is 10.0 Å². The SMILES string of the molecule is CCSC1CCCC1NS(=O)(=O)c1ccc(=O)[nH]c1. The van der Waals surface area contributed by atoms with E-state index in [1.54, 1.807) is 11.8 Å². The smallest absolute Gasteiger partial charge is 0.247 e. The summed E-state index contributed by atoms with van der Waals surface area (Å²) >= 11 is 1.80. The van der Waals surface area contributed by atoms with Crippen molar-refractivity contribution < 1.29 is 8.42 Å². The first-order valence-electron chi connectivity index (χ1n) is 6.35. The van der Waals surface area contributed by atoms with Crippen molar-refractivity contribution in [3.63, 3.8) is 0 Å². The maximum absolute atomic E-state index is 12.2. The average Bonchev–Trinajstić information content (AvgIpc) is 2.77. The maximum atomic E-state index is 12.2. The number of hydrogen-bond acceptors (Lipinski definition) is 4. The fraction of sp³-hybridized carbons (Fsp3) is 0.583. The Kier molecular flexibility index (Phi) is 4.70. The third-order valence-electron chi connectivity index (χ3n) is 3.21. The summed E-state index contributed by atoms with van der Waals surface area (Å²) in [6.07, 6.45) is 4.22. The molecule has 0 aliphatic heterocycles. The van der Waals surface area contributed by atoms with Gasteiger partial charge in [0.2, 0.25) is 15.6 Å². The van der Waals surface area contributed by atoms with Gasteiger partial charge < -0.3 is 4.98 Å². The van der Waals surface area contributed by atoms with Crippen LogP contribution in [-0.2, 0) is 10.0 Å². The van der Waals surface area contributed by atoms with Crippen LogP contribution in [0.4, 0.5) is 0 Å². The van der Waals surface area contributed by atoms with Crippen molar-refractivity contribution in [2.75, 3.05) is 5.75 Å². The zero-order valence-corrected chi connectivity index (χ0v) is 12.4. The van der Waals surface area contributed by atoms with Crippen LogP contribution in [0.5, 0.6) is 0 Å². The number of aromatic nitrogens is 1. The van der Waals surface area contributed by atoms with Crippen LogP contribution in [0.2, 0.25) is 0 Å². The molecule has 0 radical (unpaired) electrons. The minimum absolute atomic E-state index is 0.0121. The number of pyridine rings is 1. The highest BCUT2D eigenvalue weighted by atomic mass is 32.2. The van der Waals surface area contributed by atoms with Crippen LogP contribution < -0.4 is 10.3 Å². The molecule has 2 N–H and O–H groups in total. The molecule has 1 aliphatic carbocycles. The zero-order chi connectivity index (χ0) is 13.9. The van der Waals surface area contributed by atoms with Gasteiger partial charge in [0.05, 0.1) is 4.90 Å². The summed E-state index contributed by atoms with van der Waals surface area (Å²) in [4.78, 5) is 13.5. The van der Waals surface area contributed by atoms with Crippen LogP contribution in [0.3, 0.4) is 0 Å². The second-order valence-electron chi connectivity index (χ2n) is 4.54. The number of aromatic amines is 1. The quantitative estimate of drug-likeness (QED) is 0.860. The van der Waals surface area contributed by atoms with E-state index in [0.29, 0.717) is 5.25 Å². The Morgan fingerprint density at radius 2 is 2.21 bits per heavy atom. The standard InChI is InChI=1S/C12H18N2O3S2/c1-2-18-11-5-3-4-10(11)14-19(16,17)9-6-7-12(15)13-8-9/h6-8,10-11,14H,2-5H2,1H3,(H,13,15). The predicted molar refractivity (Wildman–Crippen MR) is 76.9 cm³/mol. The van der Waals surface area contributed by atoms with E-state index in [4.69, 9.17) is 0 Å². The van der Waals surface area contributed by atoms with E-state index in [0.717, 1.165) is 25.0 Å². The van der Waals surface area contributed by atoms with E-state index >= 15 is 0 Å². The van der Waals surface area contributed by atoms with Crippen molar-refractivity contribution >= 4 is 21.8 Å². The summed E-state index contributed by atoms with van der Waals surface area (Å²) in [6, 6.07) is 2.54. The molecule has 2 unspecified atom stereocenters. The Hall–Kier alpha value is -0.790. The minimum Gasteiger partial charge on any atom is -0.328 e. The van der Waals surface area contributed by atoms with E-state index in [1.165, 1.54) is 18.3 Å². The molecule has 0 saturated heterocycles. The van der Waals surface area contributed by atoms with E-state index in [1.807, 2.05) is 0 Å². The normalized spacial score (nSPS) is 23.6. The van der Waals surface area contributed by atoms with Crippen molar-refractivity contribution in [3.05, 3.63) is 28.7 Å². The molecular weight excluding hydrogens is 284 g/mol. The second-order valence-corrected chi connectivity index (χ2v) is 7.77. The average molecular weight is 302 g/mol. The Morgan fingerprint density at radius 1 is 1.42 bits per heavy atom. The van der Waals surface area contributed by atoms with Crippen molar-refractivity contribution in [2.45, 2.75) is 42.4 Å². The predicted octanol–water partition coefficient (Wildman–Crippen LogP) is 1.33. The maximum Gasteiger partial charge on any atom is 0.247 e. The number of hydrogen-bond donors (Lipinski definition) is 2. The summed E-state index contributed by atoms with van der Waals surface area (Å²) in [5, 5.41) is 0.350. The number of nitrogens with one attached hydrogen (secondary N) is 2. The van der Waals surface area contributed by atoms with Crippen molar-refractivity contribution in [1.82, 2.24) is 9.71 Å². The molecule has 0 bridgehead atoms. The topological polar surface area (TPSA) is 79.0 Å². The van der Waals surface area contributed by atoms with Gasteiger partial charge in [-0.05, 0) is 24.7 Å². The number of thioether (sulfide) groups is 1. The van der Waals surface area contributed by atoms with E-state index in [2.05, 4.69) is 16.6 Å². The van der Waals surface area contributed by atoms with Gasteiger partial charge in [0.25, 0.3) is 0 Å². The first-order valence-corrected chi connectivity index (χ1v) is 8.89. The van der Waals surface area contributed by atoms with Crippen molar-refractivity contribution in [1.29, 1.82) is 0 Å². The molecule has 7 heteroatoms. The van der Waals surface area contributed by atoms with E-state index in [-0.39, 0.29) is 16.5 Å². The fourth-order valence-electron chi connectivity index (χ4n) is 2.31. The second kappa shape index (κ2) is 6.11. The van der Waals surface area contributed by atoms with Gasteiger partial charge in [-0.2, -0.15) is 11.8 Å². The highest BCUT2D eigenvalue weighted by molar-refractivity contribution is 8.00. The van der Waals surface area contributed by atoms with Crippen LogP contribution in [0.25, 0.3) is 0 Å². The molecule has 19 heavy (non-hydrogen) atoms. The van der Waals surface area contributed by atoms with E-state index in [9.17, 15) is 13.2 Å². The lowest BCUT2D eigenvalue weighted by Gasteiger charge is -2.19. The van der Waals surface area contributed by atoms with Gasteiger partial charge in [0.1, 0.15) is 0 Å². The van der Waals surface area contributed by atoms with Gasteiger partial charge in [0, 0.05) is 23.6 Å². The summed E-state index contributed by atoms with van der Waals surface area (Å²) < 4.78 is 27.2. The van der Waals surface area contributed by atoms with Crippen LogP contribution in [0, 0.1) is 0 Å². The minimum atomic E-state index is -3.55. The third-order valence-corrected chi connectivity index (χ3v) is 6.02. The molecular formula is C12H18N2O3S2. The Balaban J connectivity index is 2.12. The lowest BCUT2D eigenvalue weighted by Crippen LogP contribution is -2.38. The van der Waals surface area contributed by atoms with Gasteiger partial charge in [-0.15, -0.1) is 0 Å². The molecule has 0 spiro atoms. The van der Waals surface area contributed by atoms with Crippen LogP contribution in [0.15, 0.2) is 28.0 Å². The third kappa shape index (κ3) is 3.61. The van der Waals surface area contributed by atoms with Crippen LogP contribution in [-0.4, -0.2) is 30.4 Å². The van der Waals surface area contributed by atoms with Crippen LogP contribution >= 0.6 is 11.8 Å². The lowest BCUT2D eigenvalue weighted by molar-refractivity contribution is 0.554. The molecule has 0 aromatic carbocycles. The molecule has 2 atom stereocenters. The van der Waals surface area contributed by atoms with Crippen molar-refractivity contribution in [2.24, 2.45) is 0 Å². The lowest BCUT2D eigenvalue weighted by atomic mass is 10.3. The molecule has 1 fully saturated rings. The highest BCUT2D eigenvalue weighted by Crippen LogP contribution is 2.30. The van der Waals surface area contributed by atoms with Gasteiger partial charge in [0.15, 0.2) is 0 Å². The first kappa shape index (κ1) is 14.6. The summed E-state index contributed by atoms with van der Waals surface area (Å²) in [6.45, 7) is 2.08. The number of sulfonamides is 1. The Bertz CT molecular complexity index is 562. The summed E-state index contributed by atoms with van der Waals surface area (Å²) in [5.74, 6) is 0.988. The largest absolute Gasteiger partial charge is 0.328 e. The fourth-order valence-corrected chi connectivity index (χ4v) is 4.87. The summed E-state index contributed by atoms with van der Waals surface area (Å²) in [7, 11) is -3.55. The molecule has 1 saturated carbocycles. The molecule has 2 rings (SSSR count). The van der Waals surface area contributed by atoms with Gasteiger partial charge in [-0.1, -0.05) is 13.3 Å². The molecule has 1 aromatic heterocycles. The molecule has 1 aromatic rings. The first-order chi connectivity index (χ1) is 9.03. The molecule has 1 heterocycles. The van der Waals surface area contributed by atoms with Gasteiger partial charge >= 0.3 is 0 Å². The number of H-pyrrole nitrogens is 1. The number of rotatable bonds is 5. The van der Waals surface area contributed by atoms with Crippen molar-refractivity contribution in [3.8, 4) is 0 Å².